The summed E-state index contributed by atoms with van der Waals surface area (Å²) in [4.78, 5) is 25.9. The van der Waals surface area contributed by atoms with Gasteiger partial charge in [0, 0.05) is 21.4 Å². The van der Waals surface area contributed by atoms with Crippen molar-refractivity contribution in [1.29, 1.82) is 0 Å². The van der Waals surface area contributed by atoms with E-state index in [9.17, 15) is 9.59 Å². The Bertz CT molecular complexity index is 810. The number of nitrogens with zero attached hydrogens (tertiary/aromatic N) is 1. The summed E-state index contributed by atoms with van der Waals surface area (Å²) in [6.45, 7) is 0. The van der Waals surface area contributed by atoms with Crippen LogP contribution in [0.1, 0.15) is 5.56 Å². The first-order valence-corrected chi connectivity index (χ1v) is 8.54. The zero-order chi connectivity index (χ0) is 15.3. The molecule has 2 aliphatic rings. The predicted octanol–water partition coefficient (Wildman–Crippen LogP) is 3.33. The minimum absolute atomic E-state index is 0.0602. The molecule has 1 saturated heterocycles. The van der Waals surface area contributed by atoms with E-state index in [0.717, 1.165) is 21.4 Å². The van der Waals surface area contributed by atoms with Crippen molar-refractivity contribution in [2.24, 2.45) is 0 Å². The van der Waals surface area contributed by atoms with Crippen molar-refractivity contribution in [2.45, 2.75) is 4.87 Å². The van der Waals surface area contributed by atoms with Crippen LogP contribution < -0.4 is 10.2 Å². The van der Waals surface area contributed by atoms with Gasteiger partial charge in [-0.25, -0.2) is 0 Å². The van der Waals surface area contributed by atoms with E-state index in [0.29, 0.717) is 0 Å². The molecule has 2 aromatic rings. The summed E-state index contributed by atoms with van der Waals surface area (Å²) in [5.74, 6) is 0.0633. The van der Waals surface area contributed by atoms with Crippen molar-refractivity contribution in [2.75, 3.05) is 16.0 Å². The minimum atomic E-state index is -1.01. The molecule has 0 unspecified atom stereocenters. The number of para-hydroxylation sites is 1. The highest BCUT2D eigenvalue weighted by molar-refractivity contribution is 9.10. The molecule has 22 heavy (non-hydrogen) atoms. The van der Waals surface area contributed by atoms with Crippen molar-refractivity contribution in [3.05, 3.63) is 58.6 Å². The molecular formula is C16H11BrN2O2S. The molecule has 0 bridgehead atoms. The maximum absolute atomic E-state index is 12.7. The number of anilines is 2. The summed E-state index contributed by atoms with van der Waals surface area (Å²) in [6, 6.07) is 15.0. The smallest absolute Gasteiger partial charge is 0.266 e. The molecule has 1 atom stereocenters. The summed E-state index contributed by atoms with van der Waals surface area (Å²) in [5.41, 5.74) is 2.33. The van der Waals surface area contributed by atoms with Gasteiger partial charge in [-0.15, -0.1) is 11.8 Å². The molecule has 1 spiro atoms. The Labute approximate surface area is 140 Å². The molecule has 0 aliphatic carbocycles. The number of fused-ring (bicyclic) bond motifs is 2. The Balaban J connectivity index is 1.94. The van der Waals surface area contributed by atoms with Crippen LogP contribution in [0.2, 0.25) is 0 Å². The normalized spacial score (nSPS) is 23.0. The van der Waals surface area contributed by atoms with E-state index >= 15 is 0 Å². The molecule has 4 nitrogen and oxygen atoms in total. The van der Waals surface area contributed by atoms with E-state index in [1.165, 1.54) is 11.8 Å². The molecule has 2 aromatic carbocycles. The largest absolute Gasteiger partial charge is 0.323 e. The van der Waals surface area contributed by atoms with Gasteiger partial charge in [-0.2, -0.15) is 0 Å². The van der Waals surface area contributed by atoms with Gasteiger partial charge in [-0.05, 0) is 24.3 Å². The number of hydrogen-bond acceptors (Lipinski definition) is 3. The van der Waals surface area contributed by atoms with Crippen LogP contribution >= 0.6 is 27.7 Å². The van der Waals surface area contributed by atoms with E-state index < -0.39 is 4.87 Å². The third kappa shape index (κ3) is 1.77. The Morgan fingerprint density at radius 1 is 1.14 bits per heavy atom. The molecule has 1 fully saturated rings. The van der Waals surface area contributed by atoms with Gasteiger partial charge in [-0.3, -0.25) is 14.5 Å². The first kappa shape index (κ1) is 13.8. The summed E-state index contributed by atoms with van der Waals surface area (Å²) >= 11 is 4.80. The van der Waals surface area contributed by atoms with Crippen molar-refractivity contribution >= 4 is 50.9 Å². The molecule has 2 heterocycles. The predicted molar refractivity (Wildman–Crippen MR) is 90.8 cm³/mol. The second-order valence-electron chi connectivity index (χ2n) is 5.14. The van der Waals surface area contributed by atoms with E-state index in [4.69, 9.17) is 0 Å². The van der Waals surface area contributed by atoms with Gasteiger partial charge in [0.15, 0.2) is 0 Å². The van der Waals surface area contributed by atoms with Crippen molar-refractivity contribution in [3.8, 4) is 0 Å². The first-order valence-electron chi connectivity index (χ1n) is 6.76. The first-order chi connectivity index (χ1) is 10.6. The second kappa shape index (κ2) is 4.86. The van der Waals surface area contributed by atoms with E-state index in [-0.39, 0.29) is 17.6 Å². The number of thioether (sulfide) groups is 1. The fourth-order valence-corrected chi connectivity index (χ4v) is 4.69. The Morgan fingerprint density at radius 3 is 2.77 bits per heavy atom. The Kier molecular flexibility index (Phi) is 3.06. The van der Waals surface area contributed by atoms with Crippen LogP contribution in [0.25, 0.3) is 0 Å². The van der Waals surface area contributed by atoms with Crippen LogP contribution in [-0.2, 0) is 14.5 Å². The van der Waals surface area contributed by atoms with Crippen molar-refractivity contribution < 1.29 is 9.59 Å². The second-order valence-corrected chi connectivity index (χ2v) is 7.23. The molecule has 1 N–H and O–H groups in total. The van der Waals surface area contributed by atoms with E-state index in [2.05, 4.69) is 21.2 Å². The molecule has 2 amide bonds. The summed E-state index contributed by atoms with van der Waals surface area (Å²) < 4.78 is 0.872. The fourth-order valence-electron chi connectivity index (χ4n) is 2.99. The summed E-state index contributed by atoms with van der Waals surface area (Å²) in [7, 11) is 0. The van der Waals surface area contributed by atoms with Gasteiger partial charge in [0.2, 0.25) is 10.8 Å². The Morgan fingerprint density at radius 2 is 1.95 bits per heavy atom. The van der Waals surface area contributed by atoms with Crippen LogP contribution in [0.3, 0.4) is 0 Å². The molecule has 6 heteroatoms. The maximum atomic E-state index is 12.7. The topological polar surface area (TPSA) is 49.4 Å². The third-order valence-corrected chi connectivity index (χ3v) is 5.77. The molecule has 110 valence electrons. The summed E-state index contributed by atoms with van der Waals surface area (Å²) in [6.07, 6.45) is 0. The van der Waals surface area contributed by atoms with Crippen LogP contribution in [0.15, 0.2) is 53.0 Å². The van der Waals surface area contributed by atoms with Crippen LogP contribution in [0, 0.1) is 0 Å². The molecule has 0 radical (unpaired) electrons. The van der Waals surface area contributed by atoms with Crippen molar-refractivity contribution in [1.82, 2.24) is 0 Å². The standard InChI is InChI=1S/C16H11BrN2O2S/c17-10-4-3-5-11(8-10)19-14(20)9-22-16(19)12-6-1-2-7-13(12)18-15(16)21/h1-8H,9H2,(H,18,21)/t16-/m1/s1. The average molecular weight is 375 g/mol. The number of carbonyl (C=O) groups is 2. The zero-order valence-electron chi connectivity index (χ0n) is 11.4. The molecule has 0 saturated carbocycles. The van der Waals surface area contributed by atoms with Gasteiger partial charge < -0.3 is 5.32 Å². The lowest BCUT2D eigenvalue weighted by molar-refractivity contribution is -0.122. The minimum Gasteiger partial charge on any atom is -0.323 e. The van der Waals surface area contributed by atoms with Gasteiger partial charge in [0.25, 0.3) is 5.91 Å². The van der Waals surface area contributed by atoms with Gasteiger partial charge in [0.05, 0.1) is 5.75 Å². The van der Waals surface area contributed by atoms with E-state index in [1.54, 1.807) is 4.90 Å². The lowest BCUT2D eigenvalue weighted by Crippen LogP contribution is -2.47. The quantitative estimate of drug-likeness (QED) is 0.832. The van der Waals surface area contributed by atoms with Crippen molar-refractivity contribution in [3.63, 3.8) is 0 Å². The molecular weight excluding hydrogens is 364 g/mol. The van der Waals surface area contributed by atoms with Crippen LogP contribution in [-0.4, -0.2) is 17.6 Å². The van der Waals surface area contributed by atoms with Gasteiger partial charge in [-0.1, -0.05) is 40.2 Å². The highest BCUT2D eigenvalue weighted by atomic mass is 79.9. The summed E-state index contributed by atoms with van der Waals surface area (Å²) in [5, 5.41) is 2.90. The van der Waals surface area contributed by atoms with Gasteiger partial charge >= 0.3 is 0 Å². The number of benzene rings is 2. The fraction of sp³-hybridized carbons (Fsp3) is 0.125. The number of nitrogens with one attached hydrogen (secondary N) is 1. The van der Waals surface area contributed by atoms with Crippen LogP contribution in [0.4, 0.5) is 11.4 Å². The monoisotopic (exact) mass is 374 g/mol. The number of carbonyl (C=O) groups excluding carboxylic acids is 2. The highest BCUT2D eigenvalue weighted by Gasteiger charge is 2.58. The number of halogens is 1. The molecule has 4 rings (SSSR count). The van der Waals surface area contributed by atoms with E-state index in [1.807, 2.05) is 48.5 Å². The third-order valence-electron chi connectivity index (χ3n) is 3.88. The average Bonchev–Trinajstić information content (AvgIpc) is 2.99. The molecule has 0 aromatic heterocycles. The molecule has 2 aliphatic heterocycles. The number of amides is 2. The zero-order valence-corrected chi connectivity index (χ0v) is 13.8. The lowest BCUT2D eigenvalue weighted by atomic mass is 10.0. The lowest BCUT2D eigenvalue weighted by Gasteiger charge is -2.32. The van der Waals surface area contributed by atoms with Crippen LogP contribution in [0.5, 0.6) is 0 Å². The van der Waals surface area contributed by atoms with Gasteiger partial charge in [0.1, 0.15) is 0 Å². The maximum Gasteiger partial charge on any atom is 0.266 e. The number of rotatable bonds is 1. The highest BCUT2D eigenvalue weighted by Crippen LogP contribution is 2.53. The number of hydrogen-bond donors (Lipinski definition) is 1. The SMILES string of the molecule is O=C1CS[C@]2(C(=O)Nc3ccccc32)N1c1cccc(Br)c1. The Hall–Kier alpha value is -1.79.